The van der Waals surface area contributed by atoms with Crippen LogP contribution in [0.15, 0.2) is 24.3 Å². The van der Waals surface area contributed by atoms with Crippen LogP contribution in [-0.2, 0) is 0 Å². The van der Waals surface area contributed by atoms with Gasteiger partial charge in [-0.3, -0.25) is 0 Å². The number of para-hydroxylation sites is 1. The first-order valence-corrected chi connectivity index (χ1v) is 8.07. The van der Waals surface area contributed by atoms with E-state index in [1.54, 1.807) is 0 Å². The van der Waals surface area contributed by atoms with Crippen molar-refractivity contribution in [3.8, 4) is 5.75 Å². The summed E-state index contributed by atoms with van der Waals surface area (Å²) in [5, 5.41) is 3.87. The van der Waals surface area contributed by atoms with Gasteiger partial charge in [0.1, 0.15) is 5.75 Å². The number of hydrogen-bond donors (Lipinski definition) is 1. The SMILES string of the molecule is CCCN1CCC(NC2CCOc3ccccc32)CC1. The Labute approximate surface area is 122 Å². The summed E-state index contributed by atoms with van der Waals surface area (Å²) < 4.78 is 5.74. The van der Waals surface area contributed by atoms with Crippen LogP contribution in [0.4, 0.5) is 0 Å². The lowest BCUT2D eigenvalue weighted by Crippen LogP contribution is -2.44. The highest BCUT2D eigenvalue weighted by Gasteiger charge is 2.25. The standard InChI is InChI=1S/C17H26N2O/c1-2-10-19-11-7-14(8-12-19)18-16-9-13-20-17-6-4-3-5-15(16)17/h3-6,14,16,18H,2,7-13H2,1H3. The van der Waals surface area contributed by atoms with Gasteiger partial charge < -0.3 is 15.0 Å². The van der Waals surface area contributed by atoms with Gasteiger partial charge in [0, 0.05) is 24.1 Å². The molecule has 0 spiro atoms. The third-order valence-electron chi connectivity index (χ3n) is 4.52. The highest BCUT2D eigenvalue weighted by atomic mass is 16.5. The Hall–Kier alpha value is -1.06. The molecule has 0 aliphatic carbocycles. The molecule has 0 bridgehead atoms. The Morgan fingerprint density at radius 3 is 2.80 bits per heavy atom. The predicted molar refractivity (Wildman–Crippen MR) is 82.2 cm³/mol. The van der Waals surface area contributed by atoms with Crippen LogP contribution in [0.2, 0.25) is 0 Å². The van der Waals surface area contributed by atoms with E-state index in [0.717, 1.165) is 18.8 Å². The Kier molecular flexibility index (Phi) is 4.58. The number of piperidine rings is 1. The zero-order valence-corrected chi connectivity index (χ0v) is 12.5. The van der Waals surface area contributed by atoms with Gasteiger partial charge >= 0.3 is 0 Å². The van der Waals surface area contributed by atoms with Crippen molar-refractivity contribution in [2.45, 2.75) is 44.7 Å². The summed E-state index contributed by atoms with van der Waals surface area (Å²) in [5.74, 6) is 1.07. The van der Waals surface area contributed by atoms with Gasteiger partial charge in [-0.15, -0.1) is 0 Å². The van der Waals surface area contributed by atoms with E-state index in [4.69, 9.17) is 4.74 Å². The fraction of sp³-hybridized carbons (Fsp3) is 0.647. The zero-order chi connectivity index (χ0) is 13.8. The zero-order valence-electron chi connectivity index (χ0n) is 12.5. The highest BCUT2D eigenvalue weighted by molar-refractivity contribution is 5.37. The van der Waals surface area contributed by atoms with Gasteiger partial charge in [0.05, 0.1) is 6.61 Å². The van der Waals surface area contributed by atoms with E-state index in [9.17, 15) is 0 Å². The molecule has 1 fully saturated rings. The Morgan fingerprint density at radius 2 is 2.00 bits per heavy atom. The second-order valence-corrected chi connectivity index (χ2v) is 6.01. The Morgan fingerprint density at radius 1 is 1.20 bits per heavy atom. The molecule has 1 unspecified atom stereocenters. The average molecular weight is 274 g/mol. The number of likely N-dealkylation sites (tertiary alicyclic amines) is 1. The number of rotatable bonds is 4. The van der Waals surface area contributed by atoms with E-state index in [0.29, 0.717) is 12.1 Å². The van der Waals surface area contributed by atoms with E-state index in [2.05, 4.69) is 41.4 Å². The number of fused-ring (bicyclic) bond motifs is 1. The van der Waals surface area contributed by atoms with Crippen LogP contribution in [-0.4, -0.2) is 37.2 Å². The van der Waals surface area contributed by atoms with Crippen LogP contribution >= 0.6 is 0 Å². The van der Waals surface area contributed by atoms with Crippen molar-refractivity contribution in [3.05, 3.63) is 29.8 Å². The number of nitrogens with zero attached hydrogens (tertiary/aromatic N) is 1. The topological polar surface area (TPSA) is 24.5 Å². The summed E-state index contributed by atoms with van der Waals surface area (Å²) in [6.07, 6.45) is 4.91. The predicted octanol–water partition coefficient (Wildman–Crippen LogP) is 2.97. The molecule has 1 aromatic rings. The van der Waals surface area contributed by atoms with Crippen LogP contribution in [0.25, 0.3) is 0 Å². The molecule has 3 rings (SSSR count). The molecule has 0 saturated carbocycles. The molecule has 3 heteroatoms. The number of benzene rings is 1. The molecule has 1 atom stereocenters. The monoisotopic (exact) mass is 274 g/mol. The maximum absolute atomic E-state index is 5.74. The average Bonchev–Trinajstić information content (AvgIpc) is 2.50. The number of ether oxygens (including phenoxy) is 1. The molecular formula is C17H26N2O. The molecular weight excluding hydrogens is 248 g/mol. The lowest BCUT2D eigenvalue weighted by Gasteiger charge is -2.36. The minimum atomic E-state index is 0.475. The normalized spacial score (nSPS) is 24.1. The summed E-state index contributed by atoms with van der Waals surface area (Å²) in [4.78, 5) is 2.59. The van der Waals surface area contributed by atoms with Gasteiger partial charge in [-0.25, -0.2) is 0 Å². The third kappa shape index (κ3) is 3.15. The van der Waals surface area contributed by atoms with Crippen molar-refractivity contribution in [2.75, 3.05) is 26.2 Å². The summed E-state index contributed by atoms with van der Waals surface area (Å²) >= 11 is 0. The molecule has 3 nitrogen and oxygen atoms in total. The van der Waals surface area contributed by atoms with Crippen molar-refractivity contribution in [1.29, 1.82) is 0 Å². The van der Waals surface area contributed by atoms with Crippen molar-refractivity contribution in [3.63, 3.8) is 0 Å². The van der Waals surface area contributed by atoms with Crippen LogP contribution in [0, 0.1) is 0 Å². The van der Waals surface area contributed by atoms with Crippen molar-refractivity contribution < 1.29 is 4.74 Å². The lowest BCUT2D eigenvalue weighted by atomic mass is 9.97. The quantitative estimate of drug-likeness (QED) is 0.913. The lowest BCUT2D eigenvalue weighted by molar-refractivity contribution is 0.178. The molecule has 1 saturated heterocycles. The summed E-state index contributed by atoms with van der Waals surface area (Å²) in [6, 6.07) is 9.61. The number of hydrogen-bond acceptors (Lipinski definition) is 3. The van der Waals surface area contributed by atoms with E-state index >= 15 is 0 Å². The fourth-order valence-electron chi connectivity index (χ4n) is 3.44. The molecule has 1 N–H and O–H groups in total. The van der Waals surface area contributed by atoms with Crippen LogP contribution in [0.1, 0.15) is 44.2 Å². The van der Waals surface area contributed by atoms with Crippen LogP contribution in [0.3, 0.4) is 0 Å². The van der Waals surface area contributed by atoms with Gasteiger partial charge in [0.15, 0.2) is 0 Å². The summed E-state index contributed by atoms with van der Waals surface area (Å²) in [6.45, 7) is 6.85. The first-order valence-electron chi connectivity index (χ1n) is 8.07. The molecule has 2 aliphatic heterocycles. The number of nitrogens with one attached hydrogen (secondary N) is 1. The van der Waals surface area contributed by atoms with Gasteiger partial charge in [-0.1, -0.05) is 25.1 Å². The molecule has 0 radical (unpaired) electrons. The Balaban J connectivity index is 1.57. The maximum Gasteiger partial charge on any atom is 0.124 e. The second kappa shape index (κ2) is 6.59. The molecule has 0 amide bonds. The van der Waals surface area contributed by atoms with Crippen LogP contribution < -0.4 is 10.1 Å². The van der Waals surface area contributed by atoms with E-state index in [1.807, 2.05) is 0 Å². The van der Waals surface area contributed by atoms with Gasteiger partial charge in [-0.05, 0) is 45.0 Å². The van der Waals surface area contributed by atoms with E-state index < -0.39 is 0 Å². The summed E-state index contributed by atoms with van der Waals surface area (Å²) in [5.41, 5.74) is 1.34. The van der Waals surface area contributed by atoms with E-state index in [-0.39, 0.29) is 0 Å². The minimum Gasteiger partial charge on any atom is -0.493 e. The first-order chi connectivity index (χ1) is 9.86. The third-order valence-corrected chi connectivity index (χ3v) is 4.52. The Bertz CT molecular complexity index is 427. The summed E-state index contributed by atoms with van der Waals surface area (Å²) in [7, 11) is 0. The minimum absolute atomic E-state index is 0.475. The van der Waals surface area contributed by atoms with Crippen LogP contribution in [0.5, 0.6) is 5.75 Å². The van der Waals surface area contributed by atoms with Crippen molar-refractivity contribution in [1.82, 2.24) is 10.2 Å². The van der Waals surface area contributed by atoms with Crippen molar-refractivity contribution in [2.24, 2.45) is 0 Å². The molecule has 2 heterocycles. The second-order valence-electron chi connectivity index (χ2n) is 6.01. The molecule has 0 aromatic heterocycles. The first kappa shape index (κ1) is 13.9. The van der Waals surface area contributed by atoms with Gasteiger partial charge in [0.25, 0.3) is 0 Å². The van der Waals surface area contributed by atoms with E-state index in [1.165, 1.54) is 44.5 Å². The van der Waals surface area contributed by atoms with Gasteiger partial charge in [0.2, 0.25) is 0 Å². The van der Waals surface area contributed by atoms with Crippen molar-refractivity contribution >= 4 is 0 Å². The largest absolute Gasteiger partial charge is 0.493 e. The fourth-order valence-corrected chi connectivity index (χ4v) is 3.44. The smallest absolute Gasteiger partial charge is 0.124 e. The molecule has 1 aromatic carbocycles. The highest BCUT2D eigenvalue weighted by Crippen LogP contribution is 2.32. The molecule has 2 aliphatic rings. The molecule has 110 valence electrons. The molecule has 20 heavy (non-hydrogen) atoms. The van der Waals surface area contributed by atoms with Gasteiger partial charge in [-0.2, -0.15) is 0 Å². The maximum atomic E-state index is 5.74.